The molecule has 1 heterocycles. The van der Waals surface area contributed by atoms with Crippen LogP contribution in [0.25, 0.3) is 0 Å². The van der Waals surface area contributed by atoms with Gasteiger partial charge in [0.2, 0.25) is 0 Å². The van der Waals surface area contributed by atoms with Crippen molar-refractivity contribution in [2.75, 3.05) is 6.61 Å². The molecule has 0 aromatic rings. The monoisotopic (exact) mass is 242 g/mol. The molecule has 1 rings (SSSR count). The summed E-state index contributed by atoms with van der Waals surface area (Å²) >= 11 is 10.9. The molecule has 1 aliphatic rings. The Morgan fingerprint density at radius 2 is 2.08 bits per heavy atom. The van der Waals surface area contributed by atoms with Crippen molar-refractivity contribution in [3.63, 3.8) is 0 Å². The van der Waals surface area contributed by atoms with Crippen LogP contribution in [0, 0.1) is 11.3 Å². The van der Waals surface area contributed by atoms with Crippen LogP contribution in [0.15, 0.2) is 0 Å². The van der Waals surface area contributed by atoms with E-state index in [-0.39, 0.29) is 11.5 Å². The number of hydrogen-bond donors (Lipinski definition) is 0. The Labute approximate surface area is 89.9 Å². The summed E-state index contributed by atoms with van der Waals surface area (Å²) in [6, 6.07) is 0. The molecule has 0 aliphatic carbocycles. The van der Waals surface area contributed by atoms with E-state index in [0.29, 0.717) is 12.5 Å². The van der Waals surface area contributed by atoms with E-state index in [1.807, 2.05) is 0 Å². The van der Waals surface area contributed by atoms with E-state index in [1.54, 1.807) is 0 Å². The summed E-state index contributed by atoms with van der Waals surface area (Å²) in [6.45, 7) is 9.05. The van der Waals surface area contributed by atoms with Crippen molar-refractivity contribution in [1.29, 1.82) is 0 Å². The van der Waals surface area contributed by atoms with E-state index in [0.717, 1.165) is 0 Å². The molecule has 0 amide bonds. The zero-order valence-corrected chi connectivity index (χ0v) is 10.9. The lowest BCUT2D eigenvalue weighted by Gasteiger charge is -2.43. The molecule has 0 N–H and O–H groups in total. The van der Waals surface area contributed by atoms with Gasteiger partial charge in [-0.1, -0.05) is 27.7 Å². The maximum absolute atomic E-state index is 5.92. The molecular formula is C8H16ClO2PS. The van der Waals surface area contributed by atoms with Crippen molar-refractivity contribution < 1.29 is 9.05 Å². The predicted octanol–water partition coefficient (Wildman–Crippen LogP) is 3.55. The van der Waals surface area contributed by atoms with E-state index < -0.39 is 5.84 Å². The van der Waals surface area contributed by atoms with Crippen LogP contribution in [0.3, 0.4) is 0 Å². The summed E-state index contributed by atoms with van der Waals surface area (Å²) in [5.41, 5.74) is 0.00532. The fraction of sp³-hybridized carbons (Fsp3) is 1.00. The van der Waals surface area contributed by atoms with Gasteiger partial charge in [0.15, 0.2) is 0 Å². The standard InChI is InChI=1S/C8H16ClO2PS/c1-6(2)7-8(3,4)5-10-12(9,13)11-7/h6-7H,5H2,1-4H3/t7-,12+/m1/s1. The normalized spacial score (nSPS) is 39.4. The van der Waals surface area contributed by atoms with Crippen LogP contribution >= 0.6 is 17.1 Å². The highest BCUT2D eigenvalue weighted by molar-refractivity contribution is 8.22. The van der Waals surface area contributed by atoms with Crippen LogP contribution < -0.4 is 0 Å². The van der Waals surface area contributed by atoms with Crippen molar-refractivity contribution in [1.82, 2.24) is 0 Å². The minimum absolute atomic E-state index is 0.00532. The first-order chi connectivity index (χ1) is 5.75. The van der Waals surface area contributed by atoms with Crippen molar-refractivity contribution in [2.45, 2.75) is 33.8 Å². The van der Waals surface area contributed by atoms with E-state index >= 15 is 0 Å². The Hall–Kier alpha value is 0.860. The molecule has 1 aliphatic heterocycles. The molecule has 0 unspecified atom stereocenters. The lowest BCUT2D eigenvalue weighted by atomic mass is 9.81. The fourth-order valence-corrected chi connectivity index (χ4v) is 3.85. The molecule has 0 spiro atoms. The fourth-order valence-electron chi connectivity index (χ4n) is 1.66. The van der Waals surface area contributed by atoms with Crippen LogP contribution in [-0.4, -0.2) is 12.7 Å². The Morgan fingerprint density at radius 3 is 2.46 bits per heavy atom. The maximum Gasteiger partial charge on any atom is 0.282 e. The van der Waals surface area contributed by atoms with E-state index in [1.165, 1.54) is 0 Å². The topological polar surface area (TPSA) is 18.5 Å². The smallest absolute Gasteiger partial charge is 0.282 e. The lowest BCUT2D eigenvalue weighted by molar-refractivity contribution is -0.0306. The average Bonchev–Trinajstić information content (AvgIpc) is 1.95. The minimum atomic E-state index is -2.47. The third-order valence-corrected chi connectivity index (χ3v) is 4.23. The van der Waals surface area contributed by atoms with E-state index in [2.05, 4.69) is 27.7 Å². The van der Waals surface area contributed by atoms with Gasteiger partial charge in [-0.15, -0.1) is 0 Å². The Balaban J connectivity index is 2.82. The van der Waals surface area contributed by atoms with Crippen LogP contribution in [0.2, 0.25) is 0 Å². The minimum Gasteiger partial charge on any atom is -0.317 e. The third-order valence-electron chi connectivity index (χ3n) is 2.21. The van der Waals surface area contributed by atoms with Gasteiger partial charge >= 0.3 is 0 Å². The summed E-state index contributed by atoms with van der Waals surface area (Å²) < 4.78 is 10.9. The molecule has 0 aromatic carbocycles. The van der Waals surface area contributed by atoms with Crippen LogP contribution in [0.5, 0.6) is 0 Å². The molecule has 13 heavy (non-hydrogen) atoms. The first kappa shape index (κ1) is 11.9. The van der Waals surface area contributed by atoms with Gasteiger partial charge in [-0.05, 0) is 29.0 Å². The average molecular weight is 243 g/mol. The first-order valence-corrected chi connectivity index (χ1v) is 7.91. The molecule has 0 bridgehead atoms. The number of rotatable bonds is 1. The second-order valence-electron chi connectivity index (χ2n) is 4.46. The first-order valence-electron chi connectivity index (χ1n) is 4.37. The van der Waals surface area contributed by atoms with Crippen molar-refractivity contribution in [3.05, 3.63) is 0 Å². The van der Waals surface area contributed by atoms with Gasteiger partial charge in [-0.25, -0.2) is 0 Å². The van der Waals surface area contributed by atoms with Crippen LogP contribution in [-0.2, 0) is 20.9 Å². The summed E-state index contributed by atoms with van der Waals surface area (Å²) in [5.74, 6) is -2.05. The lowest BCUT2D eigenvalue weighted by Crippen LogP contribution is -2.41. The Bertz CT molecular complexity index is 242. The largest absolute Gasteiger partial charge is 0.317 e. The van der Waals surface area contributed by atoms with E-state index in [4.69, 9.17) is 32.1 Å². The number of hydrogen-bond acceptors (Lipinski definition) is 3. The molecule has 2 nitrogen and oxygen atoms in total. The second kappa shape index (κ2) is 3.79. The van der Waals surface area contributed by atoms with Crippen LogP contribution in [0.1, 0.15) is 27.7 Å². The van der Waals surface area contributed by atoms with Crippen molar-refractivity contribution >= 4 is 28.9 Å². The molecule has 1 fully saturated rings. The molecule has 0 saturated carbocycles. The van der Waals surface area contributed by atoms with Crippen molar-refractivity contribution in [3.8, 4) is 0 Å². The third kappa shape index (κ3) is 2.90. The van der Waals surface area contributed by atoms with Crippen molar-refractivity contribution in [2.24, 2.45) is 11.3 Å². The molecule has 78 valence electrons. The summed E-state index contributed by atoms with van der Waals surface area (Å²) in [6.07, 6.45) is 0.101. The zero-order valence-electron chi connectivity index (χ0n) is 8.41. The molecular weight excluding hydrogens is 227 g/mol. The highest BCUT2D eigenvalue weighted by atomic mass is 35.7. The van der Waals surface area contributed by atoms with Gasteiger partial charge in [0.05, 0.1) is 12.7 Å². The zero-order chi connectivity index (χ0) is 10.3. The van der Waals surface area contributed by atoms with Gasteiger partial charge in [0, 0.05) is 5.41 Å². The molecule has 1 saturated heterocycles. The summed E-state index contributed by atoms with van der Waals surface area (Å²) in [4.78, 5) is 0. The molecule has 0 radical (unpaired) electrons. The number of halogens is 1. The quantitative estimate of drug-likeness (QED) is 0.656. The predicted molar refractivity (Wildman–Crippen MR) is 59.6 cm³/mol. The SMILES string of the molecule is CC(C)[C@H]1O[P@](=S)(Cl)OCC1(C)C. The van der Waals surface area contributed by atoms with Gasteiger partial charge in [-0.2, -0.15) is 0 Å². The van der Waals surface area contributed by atoms with Gasteiger partial charge in [-0.3, -0.25) is 0 Å². The van der Waals surface area contributed by atoms with E-state index in [9.17, 15) is 0 Å². The summed E-state index contributed by atoms with van der Waals surface area (Å²) in [5, 5.41) is 0. The molecule has 0 aromatic heterocycles. The highest BCUT2D eigenvalue weighted by Gasteiger charge is 2.42. The second-order valence-corrected chi connectivity index (χ2v) is 9.17. The molecule has 2 atom stereocenters. The Morgan fingerprint density at radius 1 is 1.54 bits per heavy atom. The van der Waals surface area contributed by atoms with Gasteiger partial charge < -0.3 is 9.05 Å². The van der Waals surface area contributed by atoms with Gasteiger partial charge in [0.25, 0.3) is 5.84 Å². The Kier molecular flexibility index (Phi) is 3.47. The summed E-state index contributed by atoms with van der Waals surface area (Å²) in [7, 11) is 0. The van der Waals surface area contributed by atoms with Gasteiger partial charge in [0.1, 0.15) is 0 Å². The highest BCUT2D eigenvalue weighted by Crippen LogP contribution is 2.61. The van der Waals surface area contributed by atoms with Crippen LogP contribution in [0.4, 0.5) is 0 Å². The molecule has 5 heteroatoms. The maximum atomic E-state index is 5.92.